The second-order valence-corrected chi connectivity index (χ2v) is 6.23. The van der Waals surface area contributed by atoms with Crippen LogP contribution >= 0.6 is 0 Å². The van der Waals surface area contributed by atoms with Crippen LogP contribution in [0.5, 0.6) is 0 Å². The highest BCUT2D eigenvalue weighted by Gasteiger charge is 2.36. The molecule has 0 spiro atoms. The first-order chi connectivity index (χ1) is 9.32. The first kappa shape index (κ1) is 14.8. The zero-order valence-electron chi connectivity index (χ0n) is 10.3. The Balaban J connectivity index is 2.44. The molecular weight excluding hydrogens is 292 g/mol. The third-order valence-corrected chi connectivity index (χ3v) is 4.85. The highest BCUT2D eigenvalue weighted by molar-refractivity contribution is 7.89. The number of carbonyl (C=O) groups excluding carboxylic acids is 1. The van der Waals surface area contributed by atoms with Gasteiger partial charge in [0.2, 0.25) is 15.9 Å². The number of primary amides is 1. The van der Waals surface area contributed by atoms with Crippen LogP contribution in [-0.2, 0) is 14.8 Å². The quantitative estimate of drug-likeness (QED) is 0.781. The van der Waals surface area contributed by atoms with Gasteiger partial charge in [0.05, 0.1) is 4.90 Å². The Kier molecular flexibility index (Phi) is 4.02. The molecule has 9 heteroatoms. The zero-order chi connectivity index (χ0) is 14.9. The van der Waals surface area contributed by atoms with Crippen LogP contribution in [0.1, 0.15) is 0 Å². The summed E-state index contributed by atoms with van der Waals surface area (Å²) >= 11 is 0. The molecule has 0 aliphatic carbocycles. The van der Waals surface area contributed by atoms with Gasteiger partial charge in [0.25, 0.3) is 0 Å². The van der Waals surface area contributed by atoms with Gasteiger partial charge in [0.1, 0.15) is 17.7 Å². The average Bonchev–Trinajstić information content (AvgIpc) is 2.37. The van der Waals surface area contributed by atoms with Gasteiger partial charge in [-0.25, -0.2) is 17.2 Å². The third-order valence-electron chi connectivity index (χ3n) is 2.97. The largest absolute Gasteiger partial charge is 0.368 e. The first-order valence-corrected chi connectivity index (χ1v) is 7.24. The summed E-state index contributed by atoms with van der Waals surface area (Å²) in [7, 11) is -4.19. The van der Waals surface area contributed by atoms with Gasteiger partial charge in [0.15, 0.2) is 0 Å². The van der Waals surface area contributed by atoms with Gasteiger partial charge in [-0.05, 0) is 12.1 Å². The van der Waals surface area contributed by atoms with E-state index in [1.165, 1.54) is 0 Å². The van der Waals surface area contributed by atoms with E-state index in [0.29, 0.717) is 24.7 Å². The molecule has 0 saturated carbocycles. The Morgan fingerprint density at radius 3 is 2.45 bits per heavy atom. The molecule has 0 bridgehead atoms. The van der Waals surface area contributed by atoms with Gasteiger partial charge in [-0.1, -0.05) is 0 Å². The number of nitrogens with zero attached hydrogens (tertiary/aromatic N) is 1. The van der Waals surface area contributed by atoms with E-state index < -0.39 is 38.5 Å². The molecule has 1 aromatic carbocycles. The smallest absolute Gasteiger partial charge is 0.244 e. The van der Waals surface area contributed by atoms with Crippen LogP contribution in [0.15, 0.2) is 23.1 Å². The molecule has 0 radical (unpaired) electrons. The lowest BCUT2D eigenvalue weighted by atomic mass is 10.2. The molecule has 1 heterocycles. The minimum Gasteiger partial charge on any atom is -0.368 e. The number of benzene rings is 1. The molecule has 110 valence electrons. The van der Waals surface area contributed by atoms with Crippen molar-refractivity contribution in [2.75, 3.05) is 19.6 Å². The molecule has 1 aliphatic heterocycles. The third kappa shape index (κ3) is 2.79. The van der Waals surface area contributed by atoms with E-state index >= 15 is 0 Å². The fraction of sp³-hybridized carbons (Fsp3) is 0.364. The van der Waals surface area contributed by atoms with Crippen molar-refractivity contribution in [1.82, 2.24) is 9.62 Å². The summed E-state index contributed by atoms with van der Waals surface area (Å²) in [6, 6.07) is 0.902. The highest BCUT2D eigenvalue weighted by atomic mass is 32.2. The van der Waals surface area contributed by atoms with E-state index in [0.717, 1.165) is 4.31 Å². The Morgan fingerprint density at radius 1 is 1.30 bits per heavy atom. The topological polar surface area (TPSA) is 92.5 Å². The van der Waals surface area contributed by atoms with E-state index in [1.54, 1.807) is 0 Å². The molecule has 2 rings (SSSR count). The van der Waals surface area contributed by atoms with Crippen molar-refractivity contribution in [2.45, 2.75) is 10.9 Å². The van der Waals surface area contributed by atoms with E-state index in [-0.39, 0.29) is 13.1 Å². The van der Waals surface area contributed by atoms with E-state index in [2.05, 4.69) is 5.32 Å². The number of hydrogen-bond acceptors (Lipinski definition) is 4. The van der Waals surface area contributed by atoms with E-state index in [1.807, 2.05) is 0 Å². The van der Waals surface area contributed by atoms with Crippen LogP contribution in [0.2, 0.25) is 0 Å². The molecule has 1 aliphatic rings. The molecule has 1 atom stereocenters. The van der Waals surface area contributed by atoms with Crippen molar-refractivity contribution in [3.05, 3.63) is 29.8 Å². The predicted molar refractivity (Wildman–Crippen MR) is 66.1 cm³/mol. The lowest BCUT2D eigenvalue weighted by molar-refractivity contribution is -0.122. The number of hydrogen-bond donors (Lipinski definition) is 2. The molecule has 1 unspecified atom stereocenters. The number of sulfonamides is 1. The fourth-order valence-electron chi connectivity index (χ4n) is 2.03. The van der Waals surface area contributed by atoms with Crippen LogP contribution in [0, 0.1) is 11.6 Å². The number of nitrogens with two attached hydrogens (primary N) is 1. The molecule has 1 amide bonds. The molecule has 20 heavy (non-hydrogen) atoms. The molecule has 3 N–H and O–H groups in total. The molecule has 6 nitrogen and oxygen atoms in total. The second kappa shape index (κ2) is 5.43. The molecule has 1 aromatic rings. The summed E-state index contributed by atoms with van der Waals surface area (Å²) in [5.41, 5.74) is 5.16. The Labute approximate surface area is 114 Å². The standard InChI is InChI=1S/C11H13F2N3O3S/c12-7-3-8(13)5-9(4-7)20(18,19)16-2-1-15-6-10(16)11(14)17/h3-5,10,15H,1-2,6H2,(H2,14,17). The number of piperazine rings is 1. The number of nitrogens with one attached hydrogen (secondary N) is 1. The monoisotopic (exact) mass is 305 g/mol. The summed E-state index contributed by atoms with van der Waals surface area (Å²) in [5, 5.41) is 2.84. The lowest BCUT2D eigenvalue weighted by Crippen LogP contribution is -2.58. The van der Waals surface area contributed by atoms with Crippen LogP contribution < -0.4 is 11.1 Å². The minimum atomic E-state index is -4.19. The van der Waals surface area contributed by atoms with Crippen LogP contribution in [0.4, 0.5) is 8.78 Å². The summed E-state index contributed by atoms with van der Waals surface area (Å²) in [6.07, 6.45) is 0. The maximum Gasteiger partial charge on any atom is 0.244 e. The number of halogens is 2. The normalized spacial score (nSPS) is 20.8. The van der Waals surface area contributed by atoms with Gasteiger partial charge in [0, 0.05) is 25.7 Å². The average molecular weight is 305 g/mol. The van der Waals surface area contributed by atoms with E-state index in [9.17, 15) is 22.0 Å². The first-order valence-electron chi connectivity index (χ1n) is 5.80. The summed E-state index contributed by atoms with van der Waals surface area (Å²) < 4.78 is 51.9. The van der Waals surface area contributed by atoms with Crippen molar-refractivity contribution in [2.24, 2.45) is 5.73 Å². The Hall–Kier alpha value is -1.58. The summed E-state index contributed by atoms with van der Waals surface area (Å²) in [5.74, 6) is -2.83. The zero-order valence-corrected chi connectivity index (χ0v) is 11.2. The molecule has 1 fully saturated rings. The molecule has 1 saturated heterocycles. The van der Waals surface area contributed by atoms with Crippen LogP contribution in [0.3, 0.4) is 0 Å². The van der Waals surface area contributed by atoms with Crippen molar-refractivity contribution in [1.29, 1.82) is 0 Å². The fourth-order valence-corrected chi connectivity index (χ4v) is 3.67. The van der Waals surface area contributed by atoms with Gasteiger partial charge >= 0.3 is 0 Å². The van der Waals surface area contributed by atoms with Gasteiger partial charge in [-0.2, -0.15) is 4.31 Å². The summed E-state index contributed by atoms with van der Waals surface area (Å²) in [6.45, 7) is 0.376. The minimum absolute atomic E-state index is 0.00588. The van der Waals surface area contributed by atoms with Crippen molar-refractivity contribution in [3.63, 3.8) is 0 Å². The van der Waals surface area contributed by atoms with Gasteiger partial charge in [-0.3, -0.25) is 4.79 Å². The van der Waals surface area contributed by atoms with Crippen molar-refractivity contribution < 1.29 is 22.0 Å². The maximum absolute atomic E-state index is 13.2. The molecule has 0 aromatic heterocycles. The lowest BCUT2D eigenvalue weighted by Gasteiger charge is -2.33. The predicted octanol–water partition coefficient (Wildman–Crippen LogP) is -0.587. The summed E-state index contributed by atoms with van der Waals surface area (Å²) in [4.78, 5) is 10.8. The van der Waals surface area contributed by atoms with Crippen molar-refractivity contribution in [3.8, 4) is 0 Å². The maximum atomic E-state index is 13.2. The van der Waals surface area contributed by atoms with Crippen LogP contribution in [-0.4, -0.2) is 44.3 Å². The van der Waals surface area contributed by atoms with Crippen LogP contribution in [0.25, 0.3) is 0 Å². The number of amides is 1. The highest BCUT2D eigenvalue weighted by Crippen LogP contribution is 2.21. The van der Waals surface area contributed by atoms with Gasteiger partial charge < -0.3 is 11.1 Å². The van der Waals surface area contributed by atoms with E-state index in [4.69, 9.17) is 5.73 Å². The number of rotatable bonds is 3. The Bertz CT molecular complexity index is 616. The SMILES string of the molecule is NC(=O)C1CNCCN1S(=O)(=O)c1cc(F)cc(F)c1. The second-order valence-electron chi connectivity index (χ2n) is 4.34. The molecular formula is C11H13F2N3O3S. The van der Waals surface area contributed by atoms with Crippen molar-refractivity contribution >= 4 is 15.9 Å². The number of carbonyl (C=O) groups is 1. The Morgan fingerprint density at radius 2 is 1.90 bits per heavy atom. The van der Waals surface area contributed by atoms with Gasteiger partial charge in [-0.15, -0.1) is 0 Å².